The zero-order valence-electron chi connectivity index (χ0n) is 10.7. The molecule has 1 heterocycles. The highest BCUT2D eigenvalue weighted by Crippen LogP contribution is 2.46. The zero-order valence-corrected chi connectivity index (χ0v) is 11.5. The van der Waals surface area contributed by atoms with E-state index in [-0.39, 0.29) is 5.97 Å². The van der Waals surface area contributed by atoms with Crippen LogP contribution in [-0.4, -0.2) is 35.1 Å². The van der Waals surface area contributed by atoms with Gasteiger partial charge in [0.05, 0.1) is 12.2 Å². The molecule has 0 amide bonds. The number of pyridine rings is 1. The molecule has 5 heteroatoms. The van der Waals surface area contributed by atoms with Crippen LogP contribution in [0.2, 0.25) is 0 Å². The van der Waals surface area contributed by atoms with E-state index >= 15 is 0 Å². The summed E-state index contributed by atoms with van der Waals surface area (Å²) in [5, 5.41) is 3.31. The number of ether oxygens (including phenoxy) is 1. The van der Waals surface area contributed by atoms with Gasteiger partial charge in [-0.05, 0) is 38.2 Å². The van der Waals surface area contributed by atoms with Crippen molar-refractivity contribution in [3.63, 3.8) is 0 Å². The molecule has 18 heavy (non-hydrogen) atoms. The predicted molar refractivity (Wildman–Crippen MR) is 74.2 cm³/mol. The van der Waals surface area contributed by atoms with Crippen LogP contribution in [0, 0.1) is 0 Å². The van der Waals surface area contributed by atoms with Gasteiger partial charge in [0.1, 0.15) is 5.82 Å². The minimum Gasteiger partial charge on any atom is -0.462 e. The quantitative estimate of drug-likeness (QED) is 0.802. The minimum atomic E-state index is -0.320. The number of anilines is 1. The number of esters is 1. The van der Waals surface area contributed by atoms with Gasteiger partial charge in [-0.15, -0.1) is 0 Å². The Labute approximate surface area is 112 Å². The van der Waals surface area contributed by atoms with Crippen molar-refractivity contribution in [1.82, 2.24) is 4.98 Å². The average molecular weight is 266 g/mol. The van der Waals surface area contributed by atoms with E-state index < -0.39 is 0 Å². The number of carbonyl (C=O) groups is 1. The molecule has 1 aliphatic carbocycles. The molecule has 98 valence electrons. The molecule has 1 N–H and O–H groups in total. The van der Waals surface area contributed by atoms with Crippen LogP contribution in [0.4, 0.5) is 5.82 Å². The first-order chi connectivity index (χ1) is 8.69. The van der Waals surface area contributed by atoms with Gasteiger partial charge >= 0.3 is 5.97 Å². The van der Waals surface area contributed by atoms with Crippen LogP contribution in [0.5, 0.6) is 0 Å². The van der Waals surface area contributed by atoms with Crippen LogP contribution in [0.3, 0.4) is 0 Å². The lowest BCUT2D eigenvalue weighted by Gasteiger charge is -2.13. The molecule has 2 rings (SSSR count). The summed E-state index contributed by atoms with van der Waals surface area (Å²) in [6, 6.07) is 3.56. The molecule has 1 aromatic heterocycles. The van der Waals surface area contributed by atoms with Crippen LogP contribution in [-0.2, 0) is 4.74 Å². The second-order valence-electron chi connectivity index (χ2n) is 4.39. The Bertz CT molecular complexity index is 416. The predicted octanol–water partition coefficient (Wildman–Crippen LogP) is 2.57. The maximum Gasteiger partial charge on any atom is 0.339 e. The molecule has 0 bridgehead atoms. The number of rotatable bonds is 6. The summed E-state index contributed by atoms with van der Waals surface area (Å²) in [5.41, 5.74) is 0.494. The summed E-state index contributed by atoms with van der Waals surface area (Å²) in [4.78, 5) is 15.7. The van der Waals surface area contributed by atoms with E-state index in [9.17, 15) is 4.79 Å². The Hall–Kier alpha value is -1.23. The van der Waals surface area contributed by atoms with Gasteiger partial charge in [0.2, 0.25) is 0 Å². The lowest BCUT2D eigenvalue weighted by Crippen LogP contribution is -2.18. The summed E-state index contributed by atoms with van der Waals surface area (Å²) in [6.45, 7) is 3.10. The van der Waals surface area contributed by atoms with Gasteiger partial charge in [0, 0.05) is 17.5 Å². The fraction of sp³-hybridized carbons (Fsp3) is 0.538. The Balaban J connectivity index is 1.89. The molecule has 1 aromatic rings. The first-order valence-electron chi connectivity index (χ1n) is 6.11. The number of nitrogens with one attached hydrogen (secondary N) is 1. The standard InChI is InChI=1S/C13H18N2O2S/c1-3-17-12(16)10-4-5-11(14-8-10)15-9-13(18-2)6-7-13/h4-5,8H,3,6-7,9H2,1-2H3,(H,14,15). The highest BCUT2D eigenvalue weighted by atomic mass is 32.2. The van der Waals surface area contributed by atoms with Gasteiger partial charge < -0.3 is 10.1 Å². The fourth-order valence-corrected chi connectivity index (χ4v) is 2.40. The smallest absolute Gasteiger partial charge is 0.339 e. The maximum atomic E-state index is 11.4. The third-order valence-electron chi connectivity index (χ3n) is 3.11. The lowest BCUT2D eigenvalue weighted by atomic mass is 10.3. The zero-order chi connectivity index (χ0) is 13.0. The van der Waals surface area contributed by atoms with Crippen molar-refractivity contribution in [2.75, 3.05) is 24.7 Å². The Morgan fingerprint density at radius 2 is 2.33 bits per heavy atom. The molecule has 4 nitrogen and oxygen atoms in total. The summed E-state index contributed by atoms with van der Waals surface area (Å²) >= 11 is 1.91. The Morgan fingerprint density at radius 1 is 1.56 bits per heavy atom. The van der Waals surface area contributed by atoms with Gasteiger partial charge in [-0.1, -0.05) is 0 Å². The van der Waals surface area contributed by atoms with Crippen molar-refractivity contribution in [1.29, 1.82) is 0 Å². The van der Waals surface area contributed by atoms with Crippen molar-refractivity contribution >= 4 is 23.5 Å². The van der Waals surface area contributed by atoms with Gasteiger partial charge in [0.15, 0.2) is 0 Å². The van der Waals surface area contributed by atoms with Gasteiger partial charge in [0.25, 0.3) is 0 Å². The molecule has 1 fully saturated rings. The van der Waals surface area contributed by atoms with Crippen LogP contribution < -0.4 is 5.32 Å². The molecule has 1 saturated carbocycles. The third-order valence-corrected chi connectivity index (χ3v) is 4.53. The first kappa shape index (κ1) is 13.2. The van der Waals surface area contributed by atoms with Crippen LogP contribution in [0.25, 0.3) is 0 Å². The van der Waals surface area contributed by atoms with Crippen LogP contribution >= 0.6 is 11.8 Å². The minimum absolute atomic E-state index is 0.320. The summed E-state index contributed by atoms with van der Waals surface area (Å²) in [5.74, 6) is 0.489. The number of hydrogen-bond donors (Lipinski definition) is 1. The van der Waals surface area contributed by atoms with Crippen molar-refractivity contribution in [2.45, 2.75) is 24.5 Å². The second-order valence-corrected chi connectivity index (χ2v) is 5.67. The normalized spacial score (nSPS) is 16.1. The van der Waals surface area contributed by atoms with E-state index in [1.165, 1.54) is 12.8 Å². The molecular formula is C13H18N2O2S. The molecule has 0 atom stereocenters. The molecule has 0 aromatic carbocycles. The maximum absolute atomic E-state index is 11.4. The van der Waals surface area contributed by atoms with E-state index in [1.54, 1.807) is 19.2 Å². The number of thioether (sulfide) groups is 1. The van der Waals surface area contributed by atoms with Crippen molar-refractivity contribution in [3.05, 3.63) is 23.9 Å². The van der Waals surface area contributed by atoms with E-state index in [4.69, 9.17) is 4.74 Å². The van der Waals surface area contributed by atoms with E-state index in [0.717, 1.165) is 12.4 Å². The van der Waals surface area contributed by atoms with Gasteiger partial charge in [-0.25, -0.2) is 9.78 Å². The lowest BCUT2D eigenvalue weighted by molar-refractivity contribution is 0.0526. The monoisotopic (exact) mass is 266 g/mol. The molecule has 1 aliphatic rings. The summed E-state index contributed by atoms with van der Waals surface area (Å²) in [6.07, 6.45) is 6.23. The topological polar surface area (TPSA) is 51.2 Å². The SMILES string of the molecule is CCOC(=O)c1ccc(NCC2(SC)CC2)nc1. The van der Waals surface area contributed by atoms with Crippen LogP contribution in [0.1, 0.15) is 30.1 Å². The largest absolute Gasteiger partial charge is 0.462 e. The molecular weight excluding hydrogens is 248 g/mol. The van der Waals surface area contributed by atoms with Crippen molar-refractivity contribution < 1.29 is 9.53 Å². The van der Waals surface area contributed by atoms with Gasteiger partial charge in [-0.2, -0.15) is 11.8 Å². The van der Waals surface area contributed by atoms with Crippen molar-refractivity contribution in [2.24, 2.45) is 0 Å². The second kappa shape index (κ2) is 5.61. The number of nitrogens with zero attached hydrogens (tertiary/aromatic N) is 1. The number of aromatic nitrogens is 1. The Kier molecular flexibility index (Phi) is 4.11. The average Bonchev–Trinajstić information content (AvgIpc) is 3.18. The van der Waals surface area contributed by atoms with Crippen LogP contribution in [0.15, 0.2) is 18.3 Å². The summed E-state index contributed by atoms with van der Waals surface area (Å²) < 4.78 is 5.31. The van der Waals surface area contributed by atoms with E-state index in [2.05, 4.69) is 16.6 Å². The molecule has 0 spiro atoms. The first-order valence-corrected chi connectivity index (χ1v) is 7.34. The molecule has 0 saturated heterocycles. The molecule has 0 unspecified atom stereocenters. The number of hydrogen-bond acceptors (Lipinski definition) is 5. The number of carbonyl (C=O) groups excluding carboxylic acids is 1. The summed E-state index contributed by atoms with van der Waals surface area (Å²) in [7, 11) is 0. The fourth-order valence-electron chi connectivity index (χ4n) is 1.68. The highest BCUT2D eigenvalue weighted by Gasteiger charge is 2.41. The third kappa shape index (κ3) is 3.16. The van der Waals surface area contributed by atoms with E-state index in [0.29, 0.717) is 16.9 Å². The van der Waals surface area contributed by atoms with Crippen molar-refractivity contribution in [3.8, 4) is 0 Å². The highest BCUT2D eigenvalue weighted by molar-refractivity contribution is 8.00. The Morgan fingerprint density at radius 3 is 2.83 bits per heavy atom. The molecule has 0 radical (unpaired) electrons. The molecule has 0 aliphatic heterocycles. The van der Waals surface area contributed by atoms with E-state index in [1.807, 2.05) is 17.8 Å². The van der Waals surface area contributed by atoms with Gasteiger partial charge in [-0.3, -0.25) is 0 Å².